The Morgan fingerprint density at radius 3 is 2.46 bits per heavy atom. The van der Waals surface area contributed by atoms with Crippen LogP contribution >= 0.6 is 0 Å². The van der Waals surface area contributed by atoms with Gasteiger partial charge in [0.1, 0.15) is 5.56 Å². The monoisotopic (exact) mass is 347 g/mol. The van der Waals surface area contributed by atoms with Crippen molar-refractivity contribution in [3.8, 4) is 11.1 Å². The molecule has 4 nitrogen and oxygen atoms in total. The number of benzene rings is 1. The number of aromatic nitrogens is 1. The molecule has 132 valence electrons. The van der Waals surface area contributed by atoms with Gasteiger partial charge in [0.15, 0.2) is 0 Å². The van der Waals surface area contributed by atoms with Crippen LogP contribution in [0.5, 0.6) is 0 Å². The molecule has 26 heavy (non-hydrogen) atoms. The number of aryl methyl sites for hydroxylation is 2. The van der Waals surface area contributed by atoms with Gasteiger partial charge in [-0.3, -0.25) is 9.20 Å². The normalized spacial score (nSPS) is 13.9. The Hall–Kier alpha value is -2.88. The lowest BCUT2D eigenvalue weighted by molar-refractivity contribution is 0.0694. The van der Waals surface area contributed by atoms with Crippen molar-refractivity contribution in [1.82, 2.24) is 4.40 Å². The van der Waals surface area contributed by atoms with Gasteiger partial charge in [-0.1, -0.05) is 31.2 Å². The fourth-order valence-electron chi connectivity index (χ4n) is 3.69. The van der Waals surface area contributed by atoms with E-state index in [0.29, 0.717) is 5.92 Å². The summed E-state index contributed by atoms with van der Waals surface area (Å²) < 4.78 is 1.51. The van der Waals surface area contributed by atoms with Crippen LogP contribution in [0.2, 0.25) is 0 Å². The molecule has 2 aromatic heterocycles. The fraction of sp³-hybridized carbons (Fsp3) is 0.273. The molecule has 0 aliphatic heterocycles. The Bertz CT molecular complexity index is 1070. The third kappa shape index (κ3) is 2.62. The lowest BCUT2D eigenvalue weighted by Crippen LogP contribution is -2.23. The number of hydrogen-bond donors (Lipinski definition) is 1. The number of hydrogen-bond acceptors (Lipinski definition) is 2. The predicted molar refractivity (Wildman–Crippen MR) is 102 cm³/mol. The molecule has 4 rings (SSSR count). The average molecular weight is 347 g/mol. The highest BCUT2D eigenvalue weighted by Gasteiger charge is 2.29. The average Bonchev–Trinajstić information content (AvgIpc) is 3.47. The number of carboxylic acids is 1. The first-order valence-electron chi connectivity index (χ1n) is 9.02. The number of pyridine rings is 2. The molecule has 0 radical (unpaired) electrons. The van der Waals surface area contributed by atoms with Gasteiger partial charge in [0, 0.05) is 6.20 Å². The van der Waals surface area contributed by atoms with Crippen LogP contribution in [0.15, 0.2) is 47.4 Å². The summed E-state index contributed by atoms with van der Waals surface area (Å²) in [5.41, 5.74) is 5.72. The molecular formula is C22H21NO3. The zero-order chi connectivity index (χ0) is 18.4. The molecule has 0 unspecified atom stereocenters. The number of nitrogens with zero attached hydrogens (tertiary/aromatic N) is 1. The van der Waals surface area contributed by atoms with Gasteiger partial charge in [-0.15, -0.1) is 0 Å². The Morgan fingerprint density at radius 2 is 1.88 bits per heavy atom. The molecule has 0 atom stereocenters. The quantitative estimate of drug-likeness (QED) is 0.760. The van der Waals surface area contributed by atoms with Gasteiger partial charge in [-0.25, -0.2) is 4.79 Å². The summed E-state index contributed by atoms with van der Waals surface area (Å²) in [5.74, 6) is -0.816. The molecule has 4 heteroatoms. The summed E-state index contributed by atoms with van der Waals surface area (Å²) in [6.45, 7) is 4.15. The van der Waals surface area contributed by atoms with E-state index in [-0.39, 0.29) is 5.56 Å². The first-order valence-corrected chi connectivity index (χ1v) is 9.02. The number of fused-ring (bicyclic) bond motifs is 1. The fourth-order valence-corrected chi connectivity index (χ4v) is 3.69. The first-order chi connectivity index (χ1) is 12.5. The second-order valence-electron chi connectivity index (χ2n) is 7.02. The molecule has 0 saturated heterocycles. The zero-order valence-corrected chi connectivity index (χ0v) is 15.0. The van der Waals surface area contributed by atoms with E-state index in [2.05, 4.69) is 31.2 Å². The standard InChI is InChI=1S/C22H21NO3/c1-3-14-4-6-15(7-5-14)17-10-11-23-20(13(17)2)18(16-8-9-16)12-19(21(23)24)22(25)26/h4-7,10-12,16H,3,8-9H2,1-2H3,(H,25,26). The van der Waals surface area contributed by atoms with Gasteiger partial charge in [0.2, 0.25) is 0 Å². The molecule has 1 fully saturated rings. The van der Waals surface area contributed by atoms with Crippen LogP contribution in [-0.2, 0) is 6.42 Å². The summed E-state index contributed by atoms with van der Waals surface area (Å²) in [7, 11) is 0. The van der Waals surface area contributed by atoms with Gasteiger partial charge in [0.25, 0.3) is 5.56 Å². The van der Waals surface area contributed by atoms with Crippen LogP contribution in [0, 0.1) is 6.92 Å². The molecule has 1 aliphatic carbocycles. The maximum atomic E-state index is 12.6. The van der Waals surface area contributed by atoms with E-state index in [1.807, 2.05) is 13.0 Å². The summed E-state index contributed by atoms with van der Waals surface area (Å²) in [6, 6.07) is 12.0. The van der Waals surface area contributed by atoms with Crippen LogP contribution in [0.4, 0.5) is 0 Å². The van der Waals surface area contributed by atoms with Crippen molar-refractivity contribution in [1.29, 1.82) is 0 Å². The second kappa shape index (κ2) is 6.13. The Balaban J connectivity index is 1.99. The maximum absolute atomic E-state index is 12.6. The molecule has 3 aromatic rings. The van der Waals surface area contributed by atoms with Gasteiger partial charge < -0.3 is 5.11 Å². The number of rotatable bonds is 4. The van der Waals surface area contributed by atoms with Crippen molar-refractivity contribution in [3.05, 3.63) is 75.2 Å². The molecule has 1 aromatic carbocycles. The van der Waals surface area contributed by atoms with Crippen molar-refractivity contribution in [2.24, 2.45) is 0 Å². The van der Waals surface area contributed by atoms with Crippen LogP contribution in [-0.4, -0.2) is 15.5 Å². The third-order valence-electron chi connectivity index (χ3n) is 5.33. The van der Waals surface area contributed by atoms with Crippen LogP contribution in [0.25, 0.3) is 16.6 Å². The molecule has 1 saturated carbocycles. The van der Waals surface area contributed by atoms with E-state index in [4.69, 9.17) is 0 Å². The van der Waals surface area contributed by atoms with E-state index in [1.165, 1.54) is 9.96 Å². The molecule has 0 bridgehead atoms. The zero-order valence-electron chi connectivity index (χ0n) is 15.0. The lowest BCUT2D eigenvalue weighted by Gasteiger charge is -2.15. The van der Waals surface area contributed by atoms with Crippen LogP contribution < -0.4 is 5.56 Å². The van der Waals surface area contributed by atoms with E-state index < -0.39 is 11.5 Å². The summed E-state index contributed by atoms with van der Waals surface area (Å²) >= 11 is 0. The molecular weight excluding hydrogens is 326 g/mol. The molecule has 1 N–H and O–H groups in total. The smallest absolute Gasteiger partial charge is 0.341 e. The summed E-state index contributed by atoms with van der Waals surface area (Å²) in [6.07, 6.45) is 4.80. The second-order valence-corrected chi connectivity index (χ2v) is 7.02. The molecule has 1 aliphatic rings. The van der Waals surface area contributed by atoms with E-state index in [9.17, 15) is 14.7 Å². The highest BCUT2D eigenvalue weighted by Crippen LogP contribution is 2.43. The summed E-state index contributed by atoms with van der Waals surface area (Å²) in [5, 5.41) is 9.39. The Kier molecular flexibility index (Phi) is 3.91. The molecule has 2 heterocycles. The number of aromatic carboxylic acids is 1. The highest BCUT2D eigenvalue weighted by atomic mass is 16.4. The minimum atomic E-state index is -1.16. The van der Waals surface area contributed by atoms with Crippen molar-refractivity contribution in [2.75, 3.05) is 0 Å². The molecule has 0 amide bonds. The Morgan fingerprint density at radius 1 is 1.19 bits per heavy atom. The van der Waals surface area contributed by atoms with E-state index in [0.717, 1.165) is 47.0 Å². The van der Waals surface area contributed by atoms with Crippen molar-refractivity contribution in [3.63, 3.8) is 0 Å². The van der Waals surface area contributed by atoms with Crippen LogP contribution in [0.3, 0.4) is 0 Å². The molecule has 0 spiro atoms. The first kappa shape index (κ1) is 16.6. The Labute approximate surface area is 151 Å². The maximum Gasteiger partial charge on any atom is 0.341 e. The number of carboxylic acid groups (broad SMARTS) is 1. The van der Waals surface area contributed by atoms with Crippen molar-refractivity contribution < 1.29 is 9.90 Å². The number of carbonyl (C=O) groups is 1. The van der Waals surface area contributed by atoms with Crippen LogP contribution in [0.1, 0.15) is 52.7 Å². The lowest BCUT2D eigenvalue weighted by atomic mass is 9.96. The SMILES string of the molecule is CCc1ccc(-c2ccn3c(=O)c(C(=O)O)cc(C4CC4)c3c2C)cc1. The van der Waals surface area contributed by atoms with Gasteiger partial charge >= 0.3 is 5.97 Å². The topological polar surface area (TPSA) is 58.8 Å². The minimum Gasteiger partial charge on any atom is -0.477 e. The largest absolute Gasteiger partial charge is 0.477 e. The van der Waals surface area contributed by atoms with Gasteiger partial charge in [0.05, 0.1) is 5.52 Å². The third-order valence-corrected chi connectivity index (χ3v) is 5.33. The van der Waals surface area contributed by atoms with Crippen molar-refractivity contribution >= 4 is 11.5 Å². The summed E-state index contributed by atoms with van der Waals surface area (Å²) in [4.78, 5) is 24.1. The van der Waals surface area contributed by atoms with E-state index >= 15 is 0 Å². The van der Waals surface area contributed by atoms with Gasteiger partial charge in [-0.05, 0) is 72.1 Å². The van der Waals surface area contributed by atoms with Gasteiger partial charge in [-0.2, -0.15) is 0 Å². The minimum absolute atomic E-state index is 0.149. The predicted octanol–water partition coefficient (Wildman–Crippen LogP) is 4.41. The van der Waals surface area contributed by atoms with Crippen molar-refractivity contribution in [2.45, 2.75) is 39.0 Å². The highest BCUT2D eigenvalue weighted by molar-refractivity contribution is 5.89. The van der Waals surface area contributed by atoms with E-state index in [1.54, 1.807) is 12.3 Å².